The molecule has 2 aliphatic rings. The van der Waals surface area contributed by atoms with Crippen LogP contribution in [-0.4, -0.2) is 43.0 Å². The molecule has 0 aromatic heterocycles. The summed E-state index contributed by atoms with van der Waals surface area (Å²) in [6.45, 7) is 3.69. The van der Waals surface area contributed by atoms with Gasteiger partial charge < -0.3 is 5.32 Å². The molecule has 0 bridgehead atoms. The molecule has 4 heteroatoms. The van der Waals surface area contributed by atoms with E-state index in [-0.39, 0.29) is 6.54 Å². The number of hydrogen-bond acceptors (Lipinski definition) is 2. The Morgan fingerprint density at radius 2 is 1.94 bits per heavy atom. The fourth-order valence-electron chi connectivity index (χ4n) is 3.37. The van der Waals surface area contributed by atoms with E-state index >= 15 is 0 Å². The molecule has 1 N–H and O–H groups in total. The van der Waals surface area contributed by atoms with Crippen LogP contribution in [0.2, 0.25) is 0 Å². The molecule has 2 nitrogen and oxygen atoms in total. The van der Waals surface area contributed by atoms with Gasteiger partial charge in [-0.2, -0.15) is 0 Å². The number of alkyl halides is 2. The summed E-state index contributed by atoms with van der Waals surface area (Å²) in [7, 11) is 0. The van der Waals surface area contributed by atoms with Crippen LogP contribution in [0.3, 0.4) is 0 Å². The molecule has 1 saturated heterocycles. The lowest BCUT2D eigenvalue weighted by Gasteiger charge is -2.44. The minimum absolute atomic E-state index is 0.0484. The van der Waals surface area contributed by atoms with Crippen molar-refractivity contribution in [1.29, 1.82) is 0 Å². The Hall–Kier alpha value is -0.220. The molecule has 0 amide bonds. The van der Waals surface area contributed by atoms with Crippen molar-refractivity contribution in [2.24, 2.45) is 5.92 Å². The number of rotatable bonds is 3. The molecule has 2 rings (SSSR count). The van der Waals surface area contributed by atoms with Gasteiger partial charge in [0, 0.05) is 25.2 Å². The van der Waals surface area contributed by atoms with Crippen molar-refractivity contribution in [3.63, 3.8) is 0 Å². The van der Waals surface area contributed by atoms with Crippen molar-refractivity contribution >= 4 is 0 Å². The first kappa shape index (κ1) is 13.2. The van der Waals surface area contributed by atoms with Gasteiger partial charge in [0.15, 0.2) is 0 Å². The quantitative estimate of drug-likeness (QED) is 0.823. The van der Waals surface area contributed by atoms with Gasteiger partial charge in [-0.1, -0.05) is 19.3 Å². The lowest BCUT2D eigenvalue weighted by Crippen LogP contribution is -2.59. The Bertz CT molecular complexity index is 227. The van der Waals surface area contributed by atoms with Gasteiger partial charge in [0.25, 0.3) is 6.43 Å². The Labute approximate surface area is 103 Å². The van der Waals surface area contributed by atoms with Crippen molar-refractivity contribution in [3.8, 4) is 0 Å². The van der Waals surface area contributed by atoms with Crippen molar-refractivity contribution in [1.82, 2.24) is 10.2 Å². The number of piperazine rings is 1. The SMILES string of the molecule is CC1CN(CC(F)F)C(C2CCCCC2)CN1. The normalized spacial score (nSPS) is 33.2. The fourth-order valence-corrected chi connectivity index (χ4v) is 3.37. The van der Waals surface area contributed by atoms with E-state index in [0.717, 1.165) is 13.1 Å². The first-order valence-corrected chi connectivity index (χ1v) is 6.92. The Kier molecular flexibility index (Phi) is 4.74. The van der Waals surface area contributed by atoms with Crippen LogP contribution in [0, 0.1) is 5.92 Å². The molecule has 0 radical (unpaired) electrons. The molecule has 1 saturated carbocycles. The Morgan fingerprint density at radius 1 is 1.24 bits per heavy atom. The summed E-state index contributed by atoms with van der Waals surface area (Å²) in [4.78, 5) is 2.03. The molecule has 1 heterocycles. The summed E-state index contributed by atoms with van der Waals surface area (Å²) in [5.41, 5.74) is 0. The second-order valence-corrected chi connectivity index (χ2v) is 5.62. The molecule has 2 atom stereocenters. The Balaban J connectivity index is 1.95. The van der Waals surface area contributed by atoms with Gasteiger partial charge in [-0.25, -0.2) is 8.78 Å². The second kappa shape index (κ2) is 6.10. The number of halogens is 2. The summed E-state index contributed by atoms with van der Waals surface area (Å²) >= 11 is 0. The van der Waals surface area contributed by atoms with E-state index in [2.05, 4.69) is 12.2 Å². The maximum atomic E-state index is 12.6. The smallest absolute Gasteiger partial charge is 0.251 e. The number of hydrogen-bond donors (Lipinski definition) is 1. The molecule has 0 aromatic rings. The highest BCUT2D eigenvalue weighted by atomic mass is 19.3. The maximum Gasteiger partial charge on any atom is 0.251 e. The van der Waals surface area contributed by atoms with Crippen LogP contribution in [0.5, 0.6) is 0 Å². The minimum Gasteiger partial charge on any atom is -0.311 e. The third-order valence-electron chi connectivity index (χ3n) is 4.22. The van der Waals surface area contributed by atoms with E-state index in [0.29, 0.717) is 18.0 Å². The predicted octanol–water partition coefficient (Wildman–Crippen LogP) is 2.49. The molecular weight excluding hydrogens is 222 g/mol. The zero-order valence-corrected chi connectivity index (χ0v) is 10.7. The lowest BCUT2D eigenvalue weighted by atomic mass is 9.82. The molecule has 2 unspecified atom stereocenters. The molecule has 0 spiro atoms. The van der Waals surface area contributed by atoms with Crippen LogP contribution in [0.25, 0.3) is 0 Å². The van der Waals surface area contributed by atoms with Gasteiger partial charge in [0.1, 0.15) is 0 Å². The van der Waals surface area contributed by atoms with Gasteiger partial charge in [0.05, 0.1) is 6.54 Å². The largest absolute Gasteiger partial charge is 0.311 e. The number of nitrogens with zero attached hydrogens (tertiary/aromatic N) is 1. The zero-order valence-electron chi connectivity index (χ0n) is 10.7. The Morgan fingerprint density at radius 3 is 2.59 bits per heavy atom. The standard InChI is InChI=1S/C13H24F2N2/c1-10-8-17(9-13(14)15)12(7-16-10)11-5-3-2-4-6-11/h10-13,16H,2-9H2,1H3. The van der Waals surface area contributed by atoms with Crippen LogP contribution in [0.4, 0.5) is 8.78 Å². The zero-order chi connectivity index (χ0) is 12.3. The van der Waals surface area contributed by atoms with E-state index in [1.165, 1.54) is 32.1 Å². The predicted molar refractivity (Wildman–Crippen MR) is 65.4 cm³/mol. The highest BCUT2D eigenvalue weighted by Crippen LogP contribution is 2.30. The first-order chi connectivity index (χ1) is 8.16. The van der Waals surface area contributed by atoms with E-state index in [1.54, 1.807) is 0 Å². The van der Waals surface area contributed by atoms with Crippen LogP contribution in [0.15, 0.2) is 0 Å². The van der Waals surface area contributed by atoms with Crippen molar-refractivity contribution < 1.29 is 8.78 Å². The van der Waals surface area contributed by atoms with E-state index < -0.39 is 6.43 Å². The van der Waals surface area contributed by atoms with E-state index in [1.807, 2.05) is 4.90 Å². The number of nitrogens with one attached hydrogen (secondary N) is 1. The van der Waals surface area contributed by atoms with Crippen LogP contribution in [0.1, 0.15) is 39.0 Å². The highest BCUT2D eigenvalue weighted by Gasteiger charge is 2.33. The average molecular weight is 246 g/mol. The van der Waals surface area contributed by atoms with Crippen LogP contribution < -0.4 is 5.32 Å². The summed E-state index contributed by atoms with van der Waals surface area (Å²) in [6, 6.07) is 0.675. The molecule has 1 aliphatic carbocycles. The summed E-state index contributed by atoms with van der Waals surface area (Å²) < 4.78 is 25.2. The minimum atomic E-state index is -2.20. The maximum absolute atomic E-state index is 12.6. The van der Waals surface area contributed by atoms with Gasteiger partial charge in [-0.3, -0.25) is 4.90 Å². The summed E-state index contributed by atoms with van der Waals surface area (Å²) in [5.74, 6) is 0.627. The van der Waals surface area contributed by atoms with Crippen molar-refractivity contribution in [2.75, 3.05) is 19.6 Å². The van der Waals surface area contributed by atoms with Gasteiger partial charge in [-0.05, 0) is 25.7 Å². The third kappa shape index (κ3) is 3.62. The lowest BCUT2D eigenvalue weighted by molar-refractivity contribution is 0.0182. The van der Waals surface area contributed by atoms with E-state index in [4.69, 9.17) is 0 Å². The monoisotopic (exact) mass is 246 g/mol. The van der Waals surface area contributed by atoms with Crippen molar-refractivity contribution in [3.05, 3.63) is 0 Å². The summed E-state index contributed by atoms with van der Waals surface area (Å²) in [5, 5.41) is 3.45. The molecular formula is C13H24F2N2. The highest BCUT2D eigenvalue weighted by molar-refractivity contribution is 4.89. The fraction of sp³-hybridized carbons (Fsp3) is 1.00. The van der Waals surface area contributed by atoms with Gasteiger partial charge in [-0.15, -0.1) is 0 Å². The van der Waals surface area contributed by atoms with Crippen LogP contribution >= 0.6 is 0 Å². The average Bonchev–Trinajstić information content (AvgIpc) is 2.29. The second-order valence-electron chi connectivity index (χ2n) is 5.62. The first-order valence-electron chi connectivity index (χ1n) is 6.92. The molecule has 100 valence electrons. The van der Waals surface area contributed by atoms with Crippen LogP contribution in [-0.2, 0) is 0 Å². The third-order valence-corrected chi connectivity index (χ3v) is 4.22. The molecule has 2 fully saturated rings. The molecule has 1 aliphatic heterocycles. The van der Waals surface area contributed by atoms with Gasteiger partial charge >= 0.3 is 0 Å². The van der Waals surface area contributed by atoms with Gasteiger partial charge in [0.2, 0.25) is 0 Å². The topological polar surface area (TPSA) is 15.3 Å². The molecule has 17 heavy (non-hydrogen) atoms. The summed E-state index contributed by atoms with van der Waals surface area (Å²) in [6.07, 6.45) is 4.12. The van der Waals surface area contributed by atoms with E-state index in [9.17, 15) is 8.78 Å². The van der Waals surface area contributed by atoms with Crippen molar-refractivity contribution in [2.45, 2.75) is 57.5 Å². The molecule has 0 aromatic carbocycles.